The summed E-state index contributed by atoms with van der Waals surface area (Å²) in [5, 5.41) is 0. The highest BCUT2D eigenvalue weighted by atomic mass is 32.2. The molecule has 0 radical (unpaired) electrons. The molecule has 82 valence electrons. The minimum Gasteiger partial charge on any atom is -0.468 e. The van der Waals surface area contributed by atoms with Gasteiger partial charge in [0.2, 0.25) is 0 Å². The van der Waals surface area contributed by atoms with E-state index in [1.165, 1.54) is 7.11 Å². The Kier molecular flexibility index (Phi) is 4.50. The number of hydrogen-bond donors (Lipinski definition) is 1. The molecule has 1 fully saturated rings. The number of rotatable bonds is 3. The quantitative estimate of drug-likeness (QED) is 0.589. The molecule has 2 N–H and O–H groups in total. The van der Waals surface area contributed by atoms with Crippen molar-refractivity contribution in [3.63, 3.8) is 0 Å². The number of carbonyl (C=O) groups is 1. The molecule has 1 aliphatic heterocycles. The lowest BCUT2D eigenvalue weighted by atomic mass is 10.3. The normalized spacial score (nSPS) is 21.9. The zero-order valence-corrected chi connectivity index (χ0v) is 9.09. The SMILES string of the molecule is COC(=O)C(N)CN1CCS(=O)CC1. The van der Waals surface area contributed by atoms with Crippen LogP contribution in [-0.4, -0.2) is 59.4 Å². The van der Waals surface area contributed by atoms with Crippen molar-refractivity contribution in [1.29, 1.82) is 0 Å². The molecular weight excluding hydrogens is 204 g/mol. The van der Waals surface area contributed by atoms with Crippen LogP contribution in [0.5, 0.6) is 0 Å². The van der Waals surface area contributed by atoms with Crippen LogP contribution in [0, 0.1) is 0 Å². The number of hydrogen-bond acceptors (Lipinski definition) is 5. The van der Waals surface area contributed by atoms with Crippen molar-refractivity contribution in [2.45, 2.75) is 6.04 Å². The van der Waals surface area contributed by atoms with Crippen molar-refractivity contribution in [3.8, 4) is 0 Å². The Balaban J connectivity index is 2.30. The molecule has 0 aromatic carbocycles. The van der Waals surface area contributed by atoms with Crippen LogP contribution in [0.15, 0.2) is 0 Å². The molecule has 0 aliphatic carbocycles. The molecular formula is C8H16N2O3S. The number of carbonyl (C=O) groups excluding carboxylic acids is 1. The summed E-state index contributed by atoms with van der Waals surface area (Å²) >= 11 is 0. The van der Waals surface area contributed by atoms with Crippen LogP contribution < -0.4 is 5.73 Å². The Hall–Kier alpha value is -0.460. The van der Waals surface area contributed by atoms with Gasteiger partial charge < -0.3 is 10.5 Å². The van der Waals surface area contributed by atoms with Gasteiger partial charge in [-0.1, -0.05) is 0 Å². The summed E-state index contributed by atoms with van der Waals surface area (Å²) in [5.41, 5.74) is 5.60. The van der Waals surface area contributed by atoms with Gasteiger partial charge in [-0.15, -0.1) is 0 Å². The molecule has 1 unspecified atom stereocenters. The summed E-state index contributed by atoms with van der Waals surface area (Å²) in [6.07, 6.45) is 0. The predicted octanol–water partition coefficient (Wildman–Crippen LogP) is -1.45. The zero-order valence-electron chi connectivity index (χ0n) is 8.27. The van der Waals surface area contributed by atoms with E-state index in [2.05, 4.69) is 4.74 Å². The molecule has 1 heterocycles. The fraction of sp³-hybridized carbons (Fsp3) is 0.875. The maximum absolute atomic E-state index is 11.0. The van der Waals surface area contributed by atoms with E-state index in [9.17, 15) is 9.00 Å². The second-order valence-electron chi connectivity index (χ2n) is 3.28. The summed E-state index contributed by atoms with van der Waals surface area (Å²) < 4.78 is 15.6. The lowest BCUT2D eigenvalue weighted by molar-refractivity contribution is -0.142. The van der Waals surface area contributed by atoms with E-state index in [4.69, 9.17) is 5.73 Å². The molecule has 1 aliphatic rings. The third-order valence-corrected chi connectivity index (χ3v) is 3.51. The zero-order chi connectivity index (χ0) is 10.6. The third kappa shape index (κ3) is 3.36. The molecule has 0 saturated carbocycles. The van der Waals surface area contributed by atoms with Crippen LogP contribution in [0.1, 0.15) is 0 Å². The molecule has 0 bridgehead atoms. The number of esters is 1. The fourth-order valence-electron chi connectivity index (χ4n) is 1.36. The fourth-order valence-corrected chi connectivity index (χ4v) is 2.49. The van der Waals surface area contributed by atoms with E-state index in [-0.39, 0.29) is 0 Å². The average Bonchev–Trinajstić information content (AvgIpc) is 2.20. The Morgan fingerprint density at radius 2 is 2.14 bits per heavy atom. The maximum Gasteiger partial charge on any atom is 0.323 e. The first-order valence-corrected chi connectivity index (χ1v) is 6.03. The van der Waals surface area contributed by atoms with Crippen molar-refractivity contribution >= 4 is 16.8 Å². The molecule has 1 rings (SSSR count). The van der Waals surface area contributed by atoms with Gasteiger partial charge >= 0.3 is 5.97 Å². The molecule has 0 spiro atoms. The number of nitrogens with two attached hydrogens (primary N) is 1. The minimum atomic E-state index is -0.687. The summed E-state index contributed by atoms with van der Waals surface area (Å²) in [5.74, 6) is 0.957. The summed E-state index contributed by atoms with van der Waals surface area (Å²) in [7, 11) is 0.640. The molecule has 14 heavy (non-hydrogen) atoms. The van der Waals surface area contributed by atoms with Gasteiger partial charge in [-0.25, -0.2) is 0 Å². The smallest absolute Gasteiger partial charge is 0.323 e. The molecule has 0 amide bonds. The van der Waals surface area contributed by atoms with Gasteiger partial charge in [0.05, 0.1) is 7.11 Å². The van der Waals surface area contributed by atoms with Crippen molar-refractivity contribution in [3.05, 3.63) is 0 Å². The van der Waals surface area contributed by atoms with Gasteiger partial charge in [0.25, 0.3) is 0 Å². The van der Waals surface area contributed by atoms with Crippen LogP contribution in [0.3, 0.4) is 0 Å². The van der Waals surface area contributed by atoms with Gasteiger partial charge in [-0.05, 0) is 0 Å². The maximum atomic E-state index is 11.0. The first-order valence-electron chi connectivity index (χ1n) is 4.54. The topological polar surface area (TPSA) is 72.6 Å². The molecule has 0 aromatic rings. The van der Waals surface area contributed by atoms with Gasteiger partial charge in [-0.3, -0.25) is 13.9 Å². The lowest BCUT2D eigenvalue weighted by Gasteiger charge is -2.27. The van der Waals surface area contributed by atoms with Gasteiger partial charge in [0.1, 0.15) is 6.04 Å². The van der Waals surface area contributed by atoms with Crippen molar-refractivity contribution < 1.29 is 13.7 Å². The monoisotopic (exact) mass is 220 g/mol. The van der Waals surface area contributed by atoms with Gasteiger partial charge in [-0.2, -0.15) is 0 Å². The second kappa shape index (κ2) is 5.43. The van der Waals surface area contributed by atoms with Crippen molar-refractivity contribution in [2.75, 3.05) is 38.2 Å². The van der Waals surface area contributed by atoms with Crippen molar-refractivity contribution in [1.82, 2.24) is 4.90 Å². The molecule has 6 heteroatoms. The van der Waals surface area contributed by atoms with Gasteiger partial charge in [0, 0.05) is 41.9 Å². The van der Waals surface area contributed by atoms with Crippen LogP contribution in [0.4, 0.5) is 0 Å². The first kappa shape index (κ1) is 11.6. The summed E-state index contributed by atoms with van der Waals surface area (Å²) in [4.78, 5) is 13.1. The third-order valence-electron chi connectivity index (χ3n) is 2.23. The van der Waals surface area contributed by atoms with E-state index in [0.717, 1.165) is 13.1 Å². The molecule has 1 atom stereocenters. The number of methoxy groups -OCH3 is 1. The second-order valence-corrected chi connectivity index (χ2v) is 4.97. The van der Waals surface area contributed by atoms with Crippen molar-refractivity contribution in [2.24, 2.45) is 5.73 Å². The highest BCUT2D eigenvalue weighted by Crippen LogP contribution is 2.00. The Bertz CT molecular complexity index is 225. The number of ether oxygens (including phenoxy) is 1. The van der Waals surface area contributed by atoms with E-state index >= 15 is 0 Å². The van der Waals surface area contributed by atoms with E-state index in [1.54, 1.807) is 0 Å². The number of nitrogens with zero attached hydrogens (tertiary/aromatic N) is 1. The predicted molar refractivity (Wildman–Crippen MR) is 54.3 cm³/mol. The van der Waals surface area contributed by atoms with Crippen LogP contribution in [-0.2, 0) is 20.3 Å². The molecule has 0 aromatic heterocycles. The van der Waals surface area contributed by atoms with Crippen LogP contribution in [0.25, 0.3) is 0 Å². The summed E-state index contributed by atoms with van der Waals surface area (Å²) in [6.45, 7) is 1.98. The van der Waals surface area contributed by atoms with E-state index < -0.39 is 22.8 Å². The Morgan fingerprint density at radius 1 is 1.57 bits per heavy atom. The van der Waals surface area contributed by atoms with E-state index in [1.807, 2.05) is 4.90 Å². The highest BCUT2D eigenvalue weighted by Gasteiger charge is 2.21. The van der Waals surface area contributed by atoms with Crippen LogP contribution in [0.2, 0.25) is 0 Å². The first-order chi connectivity index (χ1) is 6.63. The van der Waals surface area contributed by atoms with Crippen LogP contribution >= 0.6 is 0 Å². The molecule has 5 nitrogen and oxygen atoms in total. The van der Waals surface area contributed by atoms with E-state index in [0.29, 0.717) is 18.1 Å². The standard InChI is InChI=1S/C8H16N2O3S/c1-13-8(11)7(9)6-10-2-4-14(12)5-3-10/h7H,2-6,9H2,1H3. The lowest BCUT2D eigenvalue weighted by Crippen LogP contribution is -2.47. The largest absolute Gasteiger partial charge is 0.468 e. The van der Waals surface area contributed by atoms with Gasteiger partial charge in [0.15, 0.2) is 0 Å². The summed E-state index contributed by atoms with van der Waals surface area (Å²) in [6, 6.07) is -0.591. The molecule has 1 saturated heterocycles. The highest BCUT2D eigenvalue weighted by molar-refractivity contribution is 7.85. The average molecular weight is 220 g/mol. The Labute approximate surface area is 86.0 Å². The Morgan fingerprint density at radius 3 is 2.64 bits per heavy atom. The minimum absolute atomic E-state index is 0.392.